The summed E-state index contributed by atoms with van der Waals surface area (Å²) in [5, 5.41) is 11.6. The number of rotatable bonds is 8. The van der Waals surface area contributed by atoms with Crippen LogP contribution in [-0.4, -0.2) is 49.0 Å². The van der Waals surface area contributed by atoms with E-state index in [2.05, 4.69) is 15.5 Å². The van der Waals surface area contributed by atoms with E-state index in [1.54, 1.807) is 13.8 Å². The lowest BCUT2D eigenvalue weighted by Crippen LogP contribution is -2.30. The molecule has 2 rings (SSSR count). The standard InChI is InChI=1S/C16H22N4O4S2/c1-5-14-18-19-16(25-14)17-15(21)12-10-11(8-9-13(12)24-4)26(22,23)20(6-2)7-3/h8-10H,5-7H2,1-4H3,(H,17,19,21). The van der Waals surface area contributed by atoms with Crippen LogP contribution < -0.4 is 10.1 Å². The van der Waals surface area contributed by atoms with E-state index in [9.17, 15) is 13.2 Å². The average molecular weight is 399 g/mol. The van der Waals surface area contributed by atoms with Crippen molar-refractivity contribution in [2.75, 3.05) is 25.5 Å². The first kappa shape index (κ1) is 20.3. The van der Waals surface area contributed by atoms with Crippen LogP contribution in [-0.2, 0) is 16.4 Å². The van der Waals surface area contributed by atoms with E-state index in [0.717, 1.165) is 5.01 Å². The molecule has 0 atom stereocenters. The Kier molecular flexibility index (Phi) is 6.68. The Balaban J connectivity index is 2.39. The Hall–Kier alpha value is -2.04. The van der Waals surface area contributed by atoms with Crippen molar-refractivity contribution in [1.82, 2.24) is 14.5 Å². The molecule has 0 aliphatic rings. The monoisotopic (exact) mass is 398 g/mol. The van der Waals surface area contributed by atoms with Crippen molar-refractivity contribution in [3.05, 3.63) is 28.8 Å². The van der Waals surface area contributed by atoms with E-state index in [1.165, 1.54) is 41.0 Å². The minimum absolute atomic E-state index is 0.0404. The van der Waals surface area contributed by atoms with E-state index in [4.69, 9.17) is 4.74 Å². The second kappa shape index (κ2) is 8.56. The van der Waals surface area contributed by atoms with Gasteiger partial charge in [0.25, 0.3) is 5.91 Å². The third-order valence-corrected chi connectivity index (χ3v) is 6.78. The Labute approximate surface area is 157 Å². The van der Waals surface area contributed by atoms with Crippen molar-refractivity contribution >= 4 is 32.4 Å². The van der Waals surface area contributed by atoms with Crippen molar-refractivity contribution < 1.29 is 17.9 Å². The highest BCUT2D eigenvalue weighted by Gasteiger charge is 2.24. The van der Waals surface area contributed by atoms with Gasteiger partial charge in [-0.15, -0.1) is 10.2 Å². The molecule has 0 aliphatic carbocycles. The van der Waals surface area contributed by atoms with Gasteiger partial charge in [-0.25, -0.2) is 8.42 Å². The van der Waals surface area contributed by atoms with Gasteiger partial charge in [0.1, 0.15) is 10.8 Å². The smallest absolute Gasteiger partial charge is 0.261 e. The summed E-state index contributed by atoms with van der Waals surface area (Å²) in [4.78, 5) is 12.7. The molecule has 0 bridgehead atoms. The summed E-state index contributed by atoms with van der Waals surface area (Å²) >= 11 is 1.27. The maximum Gasteiger partial charge on any atom is 0.261 e. The highest BCUT2D eigenvalue weighted by Crippen LogP contribution is 2.26. The van der Waals surface area contributed by atoms with E-state index in [0.29, 0.717) is 24.6 Å². The second-order valence-electron chi connectivity index (χ2n) is 5.26. The number of carbonyl (C=O) groups excluding carboxylic acids is 1. The van der Waals surface area contributed by atoms with Crippen LogP contribution in [0, 0.1) is 0 Å². The molecule has 1 aromatic heterocycles. The van der Waals surface area contributed by atoms with Gasteiger partial charge in [0.05, 0.1) is 17.6 Å². The summed E-state index contributed by atoms with van der Waals surface area (Å²) in [6, 6.07) is 4.23. The van der Waals surface area contributed by atoms with E-state index >= 15 is 0 Å². The topological polar surface area (TPSA) is 101 Å². The van der Waals surface area contributed by atoms with E-state index < -0.39 is 15.9 Å². The minimum atomic E-state index is -3.68. The molecule has 0 saturated heterocycles. The van der Waals surface area contributed by atoms with Gasteiger partial charge in [0.2, 0.25) is 15.2 Å². The van der Waals surface area contributed by atoms with Gasteiger partial charge >= 0.3 is 0 Å². The molecule has 0 spiro atoms. The first-order valence-corrected chi connectivity index (χ1v) is 10.4. The van der Waals surface area contributed by atoms with Gasteiger partial charge in [-0.05, 0) is 24.6 Å². The molecular formula is C16H22N4O4S2. The maximum absolute atomic E-state index is 12.7. The summed E-state index contributed by atoms with van der Waals surface area (Å²) < 4.78 is 31.9. The fourth-order valence-electron chi connectivity index (χ4n) is 2.35. The third kappa shape index (κ3) is 4.19. The summed E-state index contributed by atoms with van der Waals surface area (Å²) in [5.74, 6) is -0.224. The number of aryl methyl sites for hydroxylation is 1. The number of hydrogen-bond acceptors (Lipinski definition) is 7. The number of amides is 1. The molecule has 26 heavy (non-hydrogen) atoms. The molecule has 0 fully saturated rings. The van der Waals surface area contributed by atoms with Crippen LogP contribution in [0.3, 0.4) is 0 Å². The molecule has 1 N–H and O–H groups in total. The number of methoxy groups -OCH3 is 1. The van der Waals surface area contributed by atoms with Gasteiger partial charge in [-0.3, -0.25) is 10.1 Å². The molecule has 1 aromatic carbocycles. The van der Waals surface area contributed by atoms with Crippen LogP contribution in [0.1, 0.15) is 36.1 Å². The van der Waals surface area contributed by atoms with Crippen molar-refractivity contribution in [3.8, 4) is 5.75 Å². The van der Waals surface area contributed by atoms with E-state index in [1.807, 2.05) is 6.92 Å². The summed E-state index contributed by atoms with van der Waals surface area (Å²) in [7, 11) is -2.26. The van der Waals surface area contributed by atoms with Crippen molar-refractivity contribution in [3.63, 3.8) is 0 Å². The van der Waals surface area contributed by atoms with Crippen LogP contribution in [0.2, 0.25) is 0 Å². The van der Waals surface area contributed by atoms with Crippen molar-refractivity contribution in [1.29, 1.82) is 0 Å². The van der Waals surface area contributed by atoms with Gasteiger partial charge < -0.3 is 4.74 Å². The van der Waals surface area contributed by atoms with E-state index in [-0.39, 0.29) is 16.2 Å². The largest absolute Gasteiger partial charge is 0.496 e. The Morgan fingerprint density at radius 1 is 1.23 bits per heavy atom. The molecule has 1 amide bonds. The lowest BCUT2D eigenvalue weighted by molar-refractivity contribution is 0.102. The Morgan fingerprint density at radius 3 is 2.46 bits per heavy atom. The normalized spacial score (nSPS) is 11.6. The predicted octanol–water partition coefficient (Wildman–Crippen LogP) is 2.39. The number of ether oxygens (including phenoxy) is 1. The second-order valence-corrected chi connectivity index (χ2v) is 8.26. The predicted molar refractivity (Wildman–Crippen MR) is 100 cm³/mol. The summed E-state index contributed by atoms with van der Waals surface area (Å²) in [6.45, 7) is 6.16. The zero-order valence-corrected chi connectivity index (χ0v) is 16.8. The number of nitrogens with zero attached hydrogens (tertiary/aromatic N) is 3. The number of anilines is 1. The average Bonchev–Trinajstić information content (AvgIpc) is 3.09. The highest BCUT2D eigenvalue weighted by atomic mass is 32.2. The zero-order chi connectivity index (χ0) is 19.3. The minimum Gasteiger partial charge on any atom is -0.496 e. The van der Waals surface area contributed by atoms with Gasteiger partial charge in [0, 0.05) is 13.1 Å². The zero-order valence-electron chi connectivity index (χ0n) is 15.1. The van der Waals surface area contributed by atoms with Crippen LogP contribution in [0.4, 0.5) is 5.13 Å². The summed E-state index contributed by atoms with van der Waals surface area (Å²) in [6.07, 6.45) is 0.717. The fourth-order valence-corrected chi connectivity index (χ4v) is 4.51. The molecule has 0 radical (unpaired) electrons. The molecule has 0 aliphatic heterocycles. The van der Waals surface area contributed by atoms with Crippen molar-refractivity contribution in [2.45, 2.75) is 32.1 Å². The molecule has 2 aromatic rings. The van der Waals surface area contributed by atoms with Crippen LogP contribution in [0.25, 0.3) is 0 Å². The molecule has 10 heteroatoms. The van der Waals surface area contributed by atoms with Crippen LogP contribution >= 0.6 is 11.3 Å². The van der Waals surface area contributed by atoms with Gasteiger partial charge in [-0.1, -0.05) is 32.1 Å². The molecule has 0 unspecified atom stereocenters. The lowest BCUT2D eigenvalue weighted by atomic mass is 10.2. The first-order valence-electron chi connectivity index (χ1n) is 8.19. The number of nitrogens with one attached hydrogen (secondary N) is 1. The first-order chi connectivity index (χ1) is 12.4. The van der Waals surface area contributed by atoms with Crippen LogP contribution in [0.15, 0.2) is 23.1 Å². The summed E-state index contributed by atoms with van der Waals surface area (Å²) in [5.41, 5.74) is 0.119. The van der Waals surface area contributed by atoms with Gasteiger partial charge in [0.15, 0.2) is 0 Å². The quantitative estimate of drug-likeness (QED) is 0.733. The maximum atomic E-state index is 12.7. The Bertz CT molecular complexity index is 876. The third-order valence-electron chi connectivity index (χ3n) is 3.75. The van der Waals surface area contributed by atoms with Crippen LogP contribution in [0.5, 0.6) is 5.75 Å². The fraction of sp³-hybridized carbons (Fsp3) is 0.438. The highest BCUT2D eigenvalue weighted by molar-refractivity contribution is 7.89. The number of aromatic nitrogens is 2. The number of benzene rings is 1. The Morgan fingerprint density at radius 2 is 1.92 bits per heavy atom. The number of hydrogen-bond donors (Lipinski definition) is 1. The number of carbonyl (C=O) groups is 1. The lowest BCUT2D eigenvalue weighted by Gasteiger charge is -2.19. The molecule has 142 valence electrons. The SMILES string of the molecule is CCc1nnc(NC(=O)c2cc(S(=O)(=O)N(CC)CC)ccc2OC)s1. The molecule has 0 saturated carbocycles. The molecular weight excluding hydrogens is 376 g/mol. The molecule has 1 heterocycles. The number of sulfonamides is 1. The van der Waals surface area contributed by atoms with Gasteiger partial charge in [-0.2, -0.15) is 4.31 Å². The molecule has 8 nitrogen and oxygen atoms in total. The van der Waals surface area contributed by atoms with Crippen molar-refractivity contribution in [2.24, 2.45) is 0 Å².